The fourth-order valence-electron chi connectivity index (χ4n) is 4.26. The highest BCUT2D eigenvalue weighted by Crippen LogP contribution is 2.29. The molecule has 2 aromatic rings. The molecule has 2 atom stereocenters. The Labute approximate surface area is 160 Å². The molecule has 3 aliphatic heterocycles. The summed E-state index contributed by atoms with van der Waals surface area (Å²) in [6, 6.07) is 13.9. The van der Waals surface area contributed by atoms with Gasteiger partial charge in [0.15, 0.2) is 0 Å². The maximum Gasteiger partial charge on any atom is 0.255 e. The summed E-state index contributed by atoms with van der Waals surface area (Å²) in [6.45, 7) is 2.13. The molecule has 4 heterocycles. The molecule has 3 saturated heterocycles. The summed E-state index contributed by atoms with van der Waals surface area (Å²) in [5, 5.41) is 0. The molecule has 5 rings (SSSR count). The molecule has 0 aliphatic carbocycles. The Bertz CT molecular complexity index is 794. The third kappa shape index (κ3) is 4.02. The Morgan fingerprint density at radius 2 is 1.85 bits per heavy atom. The van der Waals surface area contributed by atoms with Gasteiger partial charge in [-0.1, -0.05) is 30.3 Å². The first-order chi connectivity index (χ1) is 13.2. The van der Waals surface area contributed by atoms with Crippen molar-refractivity contribution in [1.82, 2.24) is 14.8 Å². The van der Waals surface area contributed by atoms with Crippen LogP contribution in [0.4, 0.5) is 0 Å². The van der Waals surface area contributed by atoms with E-state index in [0.29, 0.717) is 24.4 Å². The predicted octanol–water partition coefficient (Wildman–Crippen LogP) is 2.78. The minimum atomic E-state index is 0.0265. The first-order valence-corrected chi connectivity index (χ1v) is 9.73. The van der Waals surface area contributed by atoms with Gasteiger partial charge in [-0.15, -0.1) is 0 Å². The molecule has 5 heteroatoms. The summed E-state index contributed by atoms with van der Waals surface area (Å²) < 4.78 is 0. The van der Waals surface area contributed by atoms with Crippen molar-refractivity contribution in [3.63, 3.8) is 0 Å². The van der Waals surface area contributed by atoms with E-state index in [-0.39, 0.29) is 17.9 Å². The van der Waals surface area contributed by atoms with Crippen molar-refractivity contribution in [2.24, 2.45) is 5.92 Å². The molecule has 0 N–H and O–H groups in total. The molecular weight excluding hydrogens is 338 g/mol. The molecule has 27 heavy (non-hydrogen) atoms. The SMILES string of the molecule is O=C(c1cccnc1)N1C[C@@H]2CC[C@H](C1)N(C(=O)CCc1ccccc1)C2. The van der Waals surface area contributed by atoms with Crippen molar-refractivity contribution >= 4 is 11.8 Å². The zero-order valence-corrected chi connectivity index (χ0v) is 15.5. The van der Waals surface area contributed by atoms with Crippen LogP contribution in [0.15, 0.2) is 54.9 Å². The minimum absolute atomic E-state index is 0.0265. The van der Waals surface area contributed by atoms with Crippen LogP contribution in [0.1, 0.15) is 35.2 Å². The topological polar surface area (TPSA) is 53.5 Å². The Morgan fingerprint density at radius 3 is 2.63 bits per heavy atom. The molecule has 5 nitrogen and oxygen atoms in total. The Kier molecular flexibility index (Phi) is 5.19. The number of pyridine rings is 1. The monoisotopic (exact) mass is 363 g/mol. The summed E-state index contributed by atoms with van der Waals surface area (Å²) >= 11 is 0. The lowest BCUT2D eigenvalue weighted by Crippen LogP contribution is -2.47. The number of amides is 2. The number of rotatable bonds is 4. The van der Waals surface area contributed by atoms with Crippen LogP contribution in [-0.2, 0) is 11.2 Å². The van der Waals surface area contributed by atoms with E-state index < -0.39 is 0 Å². The molecule has 0 spiro atoms. The van der Waals surface area contributed by atoms with E-state index in [9.17, 15) is 9.59 Å². The van der Waals surface area contributed by atoms with Gasteiger partial charge in [0, 0.05) is 44.5 Å². The molecule has 2 bridgehead atoms. The number of piperidine rings is 1. The second kappa shape index (κ2) is 7.91. The van der Waals surface area contributed by atoms with Crippen LogP contribution < -0.4 is 0 Å². The smallest absolute Gasteiger partial charge is 0.255 e. The van der Waals surface area contributed by atoms with E-state index in [2.05, 4.69) is 17.1 Å². The first kappa shape index (κ1) is 17.7. The van der Waals surface area contributed by atoms with E-state index in [1.165, 1.54) is 5.56 Å². The fraction of sp³-hybridized carbons (Fsp3) is 0.409. The summed E-state index contributed by atoms with van der Waals surface area (Å²) in [6.07, 6.45) is 6.67. The number of carbonyl (C=O) groups is 2. The van der Waals surface area contributed by atoms with Gasteiger partial charge in [-0.25, -0.2) is 0 Å². The van der Waals surface area contributed by atoms with Crippen LogP contribution in [0.25, 0.3) is 0 Å². The number of aryl methyl sites for hydroxylation is 1. The van der Waals surface area contributed by atoms with E-state index in [4.69, 9.17) is 0 Å². The number of benzene rings is 1. The van der Waals surface area contributed by atoms with Crippen molar-refractivity contribution < 1.29 is 9.59 Å². The van der Waals surface area contributed by atoms with Crippen LogP contribution in [0.5, 0.6) is 0 Å². The highest BCUT2D eigenvalue weighted by molar-refractivity contribution is 5.94. The van der Waals surface area contributed by atoms with Gasteiger partial charge in [-0.05, 0) is 42.9 Å². The molecule has 140 valence electrons. The van der Waals surface area contributed by atoms with Crippen LogP contribution in [0, 0.1) is 5.92 Å². The molecule has 0 saturated carbocycles. The zero-order chi connectivity index (χ0) is 18.6. The quantitative estimate of drug-likeness (QED) is 0.839. The van der Waals surface area contributed by atoms with Crippen LogP contribution in [0.3, 0.4) is 0 Å². The van der Waals surface area contributed by atoms with Gasteiger partial charge in [-0.2, -0.15) is 0 Å². The normalized spacial score (nSPS) is 21.8. The third-order valence-electron chi connectivity index (χ3n) is 5.70. The fourth-order valence-corrected chi connectivity index (χ4v) is 4.26. The second-order valence-electron chi connectivity index (χ2n) is 7.58. The third-order valence-corrected chi connectivity index (χ3v) is 5.70. The number of nitrogens with zero attached hydrogens (tertiary/aromatic N) is 3. The molecule has 1 aromatic heterocycles. The number of fused-ring (bicyclic) bond motifs is 4. The van der Waals surface area contributed by atoms with Gasteiger partial charge in [0.2, 0.25) is 5.91 Å². The Balaban J connectivity index is 1.42. The van der Waals surface area contributed by atoms with Crippen molar-refractivity contribution in [2.75, 3.05) is 19.6 Å². The van der Waals surface area contributed by atoms with Crippen LogP contribution in [-0.4, -0.2) is 52.3 Å². The minimum Gasteiger partial charge on any atom is -0.338 e. The van der Waals surface area contributed by atoms with Crippen LogP contribution in [0.2, 0.25) is 0 Å². The van der Waals surface area contributed by atoms with Crippen LogP contribution >= 0.6 is 0 Å². The van der Waals surface area contributed by atoms with Crippen molar-refractivity contribution in [2.45, 2.75) is 31.7 Å². The van der Waals surface area contributed by atoms with Crippen molar-refractivity contribution in [3.05, 3.63) is 66.0 Å². The lowest BCUT2D eigenvalue weighted by molar-refractivity contribution is -0.135. The Morgan fingerprint density at radius 1 is 1.00 bits per heavy atom. The molecule has 0 unspecified atom stereocenters. The van der Waals surface area contributed by atoms with E-state index >= 15 is 0 Å². The average Bonchev–Trinajstić information content (AvgIpc) is 3.05. The summed E-state index contributed by atoms with van der Waals surface area (Å²) in [5.41, 5.74) is 1.82. The van der Waals surface area contributed by atoms with Gasteiger partial charge in [0.05, 0.1) is 5.56 Å². The lowest BCUT2D eigenvalue weighted by atomic mass is 9.94. The van der Waals surface area contributed by atoms with E-state index in [0.717, 1.165) is 32.4 Å². The predicted molar refractivity (Wildman–Crippen MR) is 103 cm³/mol. The molecule has 1 aromatic carbocycles. The Hall–Kier alpha value is -2.69. The second-order valence-corrected chi connectivity index (χ2v) is 7.58. The molecule has 3 fully saturated rings. The van der Waals surface area contributed by atoms with E-state index in [1.54, 1.807) is 18.5 Å². The standard InChI is InChI=1S/C22H25N3O2/c26-21(11-9-17-5-2-1-3-6-17)25-15-18-8-10-20(25)16-24(14-18)22(27)19-7-4-12-23-13-19/h1-7,12-13,18,20H,8-11,14-16H2/t18-,20+/m0/s1. The molecule has 2 amide bonds. The molecular formula is C22H25N3O2. The maximum absolute atomic E-state index is 12.9. The maximum atomic E-state index is 12.9. The zero-order valence-electron chi connectivity index (χ0n) is 15.5. The summed E-state index contributed by atoms with van der Waals surface area (Å²) in [4.78, 5) is 33.7. The number of hydrogen-bond acceptors (Lipinski definition) is 3. The van der Waals surface area contributed by atoms with Gasteiger partial charge < -0.3 is 9.80 Å². The van der Waals surface area contributed by atoms with Gasteiger partial charge in [-0.3, -0.25) is 14.6 Å². The highest BCUT2D eigenvalue weighted by Gasteiger charge is 2.38. The molecule has 3 aliphatic rings. The van der Waals surface area contributed by atoms with Gasteiger partial charge in [0.25, 0.3) is 5.91 Å². The number of carbonyl (C=O) groups excluding carboxylic acids is 2. The largest absolute Gasteiger partial charge is 0.338 e. The van der Waals surface area contributed by atoms with Gasteiger partial charge >= 0.3 is 0 Å². The summed E-state index contributed by atoms with van der Waals surface area (Å²) in [5.74, 6) is 0.605. The number of aromatic nitrogens is 1. The average molecular weight is 363 g/mol. The summed E-state index contributed by atoms with van der Waals surface area (Å²) in [7, 11) is 0. The van der Waals surface area contributed by atoms with E-state index in [1.807, 2.05) is 34.1 Å². The van der Waals surface area contributed by atoms with Gasteiger partial charge in [0.1, 0.15) is 0 Å². The highest BCUT2D eigenvalue weighted by atomic mass is 16.2. The lowest BCUT2D eigenvalue weighted by Gasteiger charge is -2.36. The van der Waals surface area contributed by atoms with Crippen molar-refractivity contribution in [1.29, 1.82) is 0 Å². The van der Waals surface area contributed by atoms with Crippen molar-refractivity contribution in [3.8, 4) is 0 Å². The first-order valence-electron chi connectivity index (χ1n) is 9.73. The number of hydrogen-bond donors (Lipinski definition) is 0. The molecule has 0 radical (unpaired) electrons.